The molecule has 166 valence electrons. The van der Waals surface area contributed by atoms with Gasteiger partial charge in [-0.2, -0.15) is 0 Å². The maximum atomic E-state index is 12.5. The molecular formula is C22H24N6O3S. The number of rotatable bonds is 9. The largest absolute Gasteiger partial charge is 0.494 e. The van der Waals surface area contributed by atoms with E-state index in [0.29, 0.717) is 24.7 Å². The van der Waals surface area contributed by atoms with Crippen LogP contribution in [0.4, 0.5) is 28.6 Å². The Bertz CT molecular complexity index is 1140. The molecule has 0 aliphatic carbocycles. The minimum atomic E-state index is -0.448. The van der Waals surface area contributed by atoms with E-state index in [1.165, 1.54) is 0 Å². The summed E-state index contributed by atoms with van der Waals surface area (Å²) >= 11 is 4.71. The van der Waals surface area contributed by atoms with Gasteiger partial charge in [-0.1, -0.05) is 0 Å². The average molecular weight is 453 g/mol. The molecule has 0 aliphatic heterocycles. The van der Waals surface area contributed by atoms with Crippen molar-refractivity contribution in [2.75, 3.05) is 23.8 Å². The number of anilines is 4. The molecule has 3 aromatic rings. The Morgan fingerprint density at radius 3 is 2.00 bits per heavy atom. The van der Waals surface area contributed by atoms with Crippen molar-refractivity contribution in [3.05, 3.63) is 65.0 Å². The number of aromatic nitrogens is 1. The smallest absolute Gasteiger partial charge is 0.277 e. The van der Waals surface area contributed by atoms with Gasteiger partial charge in [-0.05, 0) is 80.7 Å². The predicted molar refractivity (Wildman–Crippen MR) is 130 cm³/mol. The lowest BCUT2D eigenvalue weighted by atomic mass is 10.2. The lowest BCUT2D eigenvalue weighted by Crippen LogP contribution is -2.11. The average Bonchev–Trinajstić information content (AvgIpc) is 2.77. The van der Waals surface area contributed by atoms with Crippen molar-refractivity contribution in [3.8, 4) is 11.5 Å². The minimum absolute atomic E-state index is 0.0588. The number of benzene rings is 2. The van der Waals surface area contributed by atoms with Gasteiger partial charge in [-0.15, -0.1) is 10.2 Å². The van der Waals surface area contributed by atoms with Gasteiger partial charge in [0.2, 0.25) is 5.11 Å². The summed E-state index contributed by atoms with van der Waals surface area (Å²) in [4.78, 5) is 15.3. The van der Waals surface area contributed by atoms with Crippen molar-refractivity contribution in [2.45, 2.75) is 13.8 Å². The van der Waals surface area contributed by atoms with Crippen LogP contribution in [0.3, 0.4) is 0 Å². The normalized spacial score (nSPS) is 10.7. The zero-order chi connectivity index (χ0) is 22.9. The Balaban J connectivity index is 1.93. The fourth-order valence-electron chi connectivity index (χ4n) is 2.80. The minimum Gasteiger partial charge on any atom is -0.494 e. The lowest BCUT2D eigenvalue weighted by Gasteiger charge is -2.15. The van der Waals surface area contributed by atoms with Gasteiger partial charge in [0.25, 0.3) is 5.56 Å². The second kappa shape index (κ2) is 10.9. The number of hydrogen-bond donors (Lipinski definition) is 4. The molecule has 0 fully saturated rings. The summed E-state index contributed by atoms with van der Waals surface area (Å²) in [6.45, 7) is 5.01. The van der Waals surface area contributed by atoms with Gasteiger partial charge in [-0.25, -0.2) is 0 Å². The van der Waals surface area contributed by atoms with Crippen molar-refractivity contribution >= 4 is 45.9 Å². The van der Waals surface area contributed by atoms with Crippen LogP contribution in [0.2, 0.25) is 0 Å². The topological polar surface area (TPSA) is 126 Å². The fourth-order valence-corrected chi connectivity index (χ4v) is 2.84. The number of aromatic amines is 1. The molecule has 0 spiro atoms. The van der Waals surface area contributed by atoms with Crippen molar-refractivity contribution in [1.29, 1.82) is 0 Å². The molecule has 5 N–H and O–H groups in total. The van der Waals surface area contributed by atoms with Gasteiger partial charge < -0.3 is 30.8 Å². The van der Waals surface area contributed by atoms with Gasteiger partial charge in [0.1, 0.15) is 17.3 Å². The highest BCUT2D eigenvalue weighted by atomic mass is 32.1. The molecule has 2 aromatic carbocycles. The summed E-state index contributed by atoms with van der Waals surface area (Å²) < 4.78 is 11.0. The maximum absolute atomic E-state index is 12.5. The van der Waals surface area contributed by atoms with Crippen molar-refractivity contribution in [1.82, 2.24) is 4.98 Å². The second-order valence-corrected chi connectivity index (χ2v) is 6.89. The van der Waals surface area contributed by atoms with Crippen LogP contribution in [0.15, 0.2) is 69.6 Å². The summed E-state index contributed by atoms with van der Waals surface area (Å²) in [6.07, 6.45) is 0. The highest BCUT2D eigenvalue weighted by Gasteiger charge is 2.10. The third-order valence-corrected chi connectivity index (χ3v) is 4.24. The van der Waals surface area contributed by atoms with Gasteiger partial charge >= 0.3 is 0 Å². The Morgan fingerprint density at radius 2 is 1.50 bits per heavy atom. The van der Waals surface area contributed by atoms with Gasteiger partial charge in [0, 0.05) is 11.4 Å². The zero-order valence-electron chi connectivity index (χ0n) is 17.7. The molecule has 0 amide bonds. The van der Waals surface area contributed by atoms with Crippen LogP contribution in [0.1, 0.15) is 13.8 Å². The van der Waals surface area contributed by atoms with Crippen LogP contribution in [-0.2, 0) is 0 Å². The van der Waals surface area contributed by atoms with Crippen molar-refractivity contribution in [2.24, 2.45) is 16.0 Å². The van der Waals surface area contributed by atoms with Crippen LogP contribution < -0.4 is 31.4 Å². The van der Waals surface area contributed by atoms with Crippen LogP contribution in [0.5, 0.6) is 11.5 Å². The SMILES string of the molecule is CCOc1ccc(Nc2cc(N=NC(N)=S)c(=O)[nH]c2Nc2ccc(OCC)cc2)cc1. The quantitative estimate of drug-likeness (QED) is 0.266. The molecule has 0 saturated heterocycles. The Kier molecular flexibility index (Phi) is 7.76. The van der Waals surface area contributed by atoms with E-state index in [2.05, 4.69) is 25.8 Å². The number of ether oxygens (including phenoxy) is 2. The molecule has 0 bridgehead atoms. The van der Waals surface area contributed by atoms with Gasteiger partial charge in [-0.3, -0.25) is 4.79 Å². The van der Waals surface area contributed by atoms with Crippen LogP contribution >= 0.6 is 12.2 Å². The van der Waals surface area contributed by atoms with E-state index < -0.39 is 5.56 Å². The van der Waals surface area contributed by atoms with E-state index in [9.17, 15) is 4.79 Å². The van der Waals surface area contributed by atoms with Crippen LogP contribution in [-0.4, -0.2) is 23.3 Å². The molecule has 1 aromatic heterocycles. The molecule has 0 radical (unpaired) electrons. The van der Waals surface area contributed by atoms with E-state index in [4.69, 9.17) is 27.4 Å². The number of thiocarbonyl (C=S) groups is 1. The first-order valence-corrected chi connectivity index (χ1v) is 10.4. The van der Waals surface area contributed by atoms with E-state index in [0.717, 1.165) is 22.9 Å². The summed E-state index contributed by atoms with van der Waals surface area (Å²) in [5.74, 6) is 1.97. The maximum Gasteiger partial charge on any atom is 0.277 e. The molecular weight excluding hydrogens is 428 g/mol. The zero-order valence-corrected chi connectivity index (χ0v) is 18.5. The van der Waals surface area contributed by atoms with E-state index in [-0.39, 0.29) is 10.8 Å². The Morgan fingerprint density at radius 1 is 0.969 bits per heavy atom. The highest BCUT2D eigenvalue weighted by Crippen LogP contribution is 2.29. The number of pyridine rings is 1. The standard InChI is InChI=1S/C22H24N6O3S/c1-3-30-16-9-5-14(6-10-16)24-18-13-19(27-28-22(23)32)21(29)26-20(18)25-15-7-11-17(12-8-15)31-4-2/h5-13,24H,3-4H2,1-2H3,(H2,23,32)(H2,25,26,29). The molecule has 32 heavy (non-hydrogen) atoms. The van der Waals surface area contributed by atoms with E-state index >= 15 is 0 Å². The summed E-state index contributed by atoms with van der Waals surface area (Å²) in [6, 6.07) is 16.4. The van der Waals surface area contributed by atoms with E-state index in [1.54, 1.807) is 6.07 Å². The Labute approximate surface area is 190 Å². The number of nitrogens with zero attached hydrogens (tertiary/aromatic N) is 2. The number of hydrogen-bond acceptors (Lipinski definition) is 7. The van der Waals surface area contributed by atoms with Crippen LogP contribution in [0, 0.1) is 0 Å². The highest BCUT2D eigenvalue weighted by molar-refractivity contribution is 7.80. The fraction of sp³-hybridized carbons (Fsp3) is 0.182. The number of nitrogens with two attached hydrogens (primary N) is 1. The number of azo groups is 1. The first-order valence-electron chi connectivity index (χ1n) is 9.96. The van der Waals surface area contributed by atoms with E-state index in [1.807, 2.05) is 62.4 Å². The Hall–Kier alpha value is -3.92. The molecule has 9 nitrogen and oxygen atoms in total. The third-order valence-electron chi connectivity index (χ3n) is 4.16. The molecule has 0 aliphatic rings. The van der Waals surface area contributed by atoms with Crippen molar-refractivity contribution < 1.29 is 9.47 Å². The second-order valence-electron chi connectivity index (χ2n) is 6.48. The monoisotopic (exact) mass is 452 g/mol. The number of nitrogens with one attached hydrogen (secondary N) is 3. The summed E-state index contributed by atoms with van der Waals surface area (Å²) in [5, 5.41) is 13.8. The van der Waals surface area contributed by atoms with Gasteiger partial charge in [0.05, 0.1) is 18.9 Å². The molecule has 0 saturated carbocycles. The lowest BCUT2D eigenvalue weighted by molar-refractivity contribution is 0.340. The van der Waals surface area contributed by atoms with Gasteiger partial charge in [0.15, 0.2) is 5.69 Å². The predicted octanol–water partition coefficient (Wildman–Crippen LogP) is 4.99. The summed E-state index contributed by atoms with van der Waals surface area (Å²) in [7, 11) is 0. The molecule has 0 atom stereocenters. The summed E-state index contributed by atoms with van der Waals surface area (Å²) in [5.41, 5.74) is 7.09. The molecule has 3 rings (SSSR count). The van der Waals surface area contributed by atoms with Crippen LogP contribution in [0.25, 0.3) is 0 Å². The first kappa shape index (κ1) is 22.8. The number of H-pyrrole nitrogens is 1. The third kappa shape index (κ3) is 6.29. The molecule has 0 unspecified atom stereocenters. The first-order chi connectivity index (χ1) is 15.5. The van der Waals surface area contributed by atoms with Crippen molar-refractivity contribution in [3.63, 3.8) is 0 Å². The molecule has 10 heteroatoms. The molecule has 1 heterocycles.